The number of nitrogens with zero attached hydrogens (tertiary/aromatic N) is 3. The Morgan fingerprint density at radius 2 is 0.697 bits per heavy atom. The number of aliphatic carboxylic acids is 2. The van der Waals surface area contributed by atoms with E-state index in [4.69, 9.17) is 19.8 Å². The van der Waals surface area contributed by atoms with Gasteiger partial charge in [0.25, 0.3) is 0 Å². The molecule has 7 nitrogen and oxygen atoms in total. The second kappa shape index (κ2) is 16.5. The number of hydrogen-bond acceptors (Lipinski definition) is 5. The Balaban J connectivity index is -0.000000498. The molecule has 1 aliphatic rings. The average Bonchev–Trinajstić information content (AvgIpc) is 2.71. The summed E-state index contributed by atoms with van der Waals surface area (Å²) in [6, 6.07) is 1.98. The van der Waals surface area contributed by atoms with Gasteiger partial charge in [0.1, 0.15) is 0 Å². The van der Waals surface area contributed by atoms with Crippen molar-refractivity contribution in [2.75, 3.05) is 39.3 Å². The molecule has 1 radical (unpaired) electrons. The molecule has 1 aliphatic heterocycles. The van der Waals surface area contributed by atoms with E-state index in [1.165, 1.54) is 39.3 Å². The fourth-order valence-electron chi connectivity index (χ4n) is 2.66. The fraction of sp³-hybridized carbons (Fsp3) is 0.895. The number of carboxylic acid groups (broad SMARTS) is 2. The smallest absolute Gasteiger partial charge is 0.475 e. The van der Waals surface area contributed by atoms with Crippen molar-refractivity contribution < 1.29 is 63.2 Å². The van der Waals surface area contributed by atoms with Crippen LogP contribution in [0.1, 0.15) is 41.5 Å². The Bertz CT molecular complexity index is 487. The molecule has 1 saturated heterocycles. The predicted molar refractivity (Wildman–Crippen MR) is 108 cm³/mol. The molecule has 0 bridgehead atoms. The van der Waals surface area contributed by atoms with Crippen molar-refractivity contribution >= 4 is 11.9 Å². The van der Waals surface area contributed by atoms with Crippen LogP contribution in [0.15, 0.2) is 0 Å². The normalized spacial score (nSPS) is 17.1. The third-order valence-electron chi connectivity index (χ3n) is 4.70. The van der Waals surface area contributed by atoms with Gasteiger partial charge in [-0.2, -0.15) is 26.3 Å². The molecule has 0 spiro atoms. The van der Waals surface area contributed by atoms with Gasteiger partial charge in [-0.1, -0.05) is 0 Å². The molecule has 2 N–H and O–H groups in total. The summed E-state index contributed by atoms with van der Waals surface area (Å²) < 4.78 is 63.5. The number of alkyl halides is 6. The molecule has 1 fully saturated rings. The molecule has 0 atom stereocenters. The summed E-state index contributed by atoms with van der Waals surface area (Å²) in [6.07, 6.45) is -10.2. The molecule has 0 aromatic heterocycles. The van der Waals surface area contributed by atoms with E-state index in [1.807, 2.05) is 0 Å². The monoisotopic (exact) mass is 546 g/mol. The molecule has 0 saturated carbocycles. The van der Waals surface area contributed by atoms with Crippen molar-refractivity contribution in [3.8, 4) is 0 Å². The van der Waals surface area contributed by atoms with Gasteiger partial charge < -0.3 is 10.2 Å². The van der Waals surface area contributed by atoms with Gasteiger partial charge in [-0.15, -0.1) is 0 Å². The predicted octanol–water partition coefficient (Wildman–Crippen LogP) is 3.40. The minimum Gasteiger partial charge on any atom is -0.475 e. The summed E-state index contributed by atoms with van der Waals surface area (Å²) in [7, 11) is 0. The first-order chi connectivity index (χ1) is 14.3. The van der Waals surface area contributed by atoms with E-state index in [0.717, 1.165) is 0 Å². The van der Waals surface area contributed by atoms with Crippen molar-refractivity contribution in [2.24, 2.45) is 0 Å². The van der Waals surface area contributed by atoms with Gasteiger partial charge in [0.15, 0.2) is 0 Å². The Morgan fingerprint density at radius 1 is 0.576 bits per heavy atom. The Labute approximate surface area is 201 Å². The van der Waals surface area contributed by atoms with Crippen LogP contribution in [0.5, 0.6) is 0 Å². The summed E-state index contributed by atoms with van der Waals surface area (Å²) in [5.74, 6) is -5.51. The topological polar surface area (TPSA) is 84.3 Å². The van der Waals surface area contributed by atoms with Crippen molar-refractivity contribution in [1.82, 2.24) is 14.7 Å². The zero-order valence-electron chi connectivity index (χ0n) is 19.6. The molecule has 0 aliphatic carbocycles. The molecule has 0 amide bonds. The first-order valence-corrected chi connectivity index (χ1v) is 10.1. The molecule has 203 valence electrons. The van der Waals surface area contributed by atoms with E-state index < -0.39 is 24.3 Å². The molecule has 14 heteroatoms. The van der Waals surface area contributed by atoms with Crippen molar-refractivity contribution in [3.05, 3.63) is 0 Å². The first-order valence-electron chi connectivity index (χ1n) is 10.1. The fourth-order valence-corrected chi connectivity index (χ4v) is 2.66. The van der Waals surface area contributed by atoms with Crippen molar-refractivity contribution in [2.45, 2.75) is 72.0 Å². The van der Waals surface area contributed by atoms with Crippen LogP contribution in [0, 0.1) is 0 Å². The van der Waals surface area contributed by atoms with Gasteiger partial charge in [-0.05, 0) is 41.5 Å². The van der Waals surface area contributed by atoms with Crippen LogP contribution in [0.2, 0.25) is 0 Å². The van der Waals surface area contributed by atoms with E-state index in [1.54, 1.807) is 0 Å². The van der Waals surface area contributed by atoms with Crippen LogP contribution in [-0.4, -0.2) is 107 Å². The summed E-state index contributed by atoms with van der Waals surface area (Å²) in [5.41, 5.74) is 0. The molecule has 0 unspecified atom stereocenters. The maximum Gasteiger partial charge on any atom is 0.490 e. The van der Waals surface area contributed by atoms with E-state index in [0.29, 0.717) is 18.1 Å². The summed E-state index contributed by atoms with van der Waals surface area (Å²) in [4.78, 5) is 25.7. The van der Waals surface area contributed by atoms with Gasteiger partial charge >= 0.3 is 24.3 Å². The van der Waals surface area contributed by atoms with E-state index in [2.05, 4.69) is 56.2 Å². The van der Waals surface area contributed by atoms with E-state index in [-0.39, 0.29) is 17.1 Å². The Morgan fingerprint density at radius 3 is 0.758 bits per heavy atom. The zero-order chi connectivity index (χ0) is 25.9. The van der Waals surface area contributed by atoms with Crippen LogP contribution in [0.25, 0.3) is 0 Å². The Kier molecular flexibility index (Phi) is 18.3. The molecule has 1 rings (SSSR count). The second-order valence-electron chi connectivity index (χ2n) is 7.99. The number of carboxylic acids is 2. The molecule has 1 heterocycles. The third kappa shape index (κ3) is 18.0. The van der Waals surface area contributed by atoms with Crippen LogP contribution in [0.3, 0.4) is 0 Å². The quantitative estimate of drug-likeness (QED) is 0.415. The van der Waals surface area contributed by atoms with Gasteiger partial charge in [0.05, 0.1) is 0 Å². The third-order valence-corrected chi connectivity index (χ3v) is 4.70. The van der Waals surface area contributed by atoms with E-state index >= 15 is 0 Å². The number of halogens is 6. The zero-order valence-corrected chi connectivity index (χ0v) is 20.5. The van der Waals surface area contributed by atoms with Gasteiger partial charge in [0.2, 0.25) is 0 Å². The van der Waals surface area contributed by atoms with Crippen molar-refractivity contribution in [1.29, 1.82) is 0 Å². The molecule has 33 heavy (non-hydrogen) atoms. The summed E-state index contributed by atoms with van der Waals surface area (Å²) in [6.45, 7) is 21.2. The van der Waals surface area contributed by atoms with Gasteiger partial charge in [0, 0.05) is 74.5 Å². The maximum absolute atomic E-state index is 10.6. The van der Waals surface area contributed by atoms with Crippen LogP contribution in [0.4, 0.5) is 26.3 Å². The van der Waals surface area contributed by atoms with Crippen LogP contribution in [-0.2, 0) is 26.7 Å². The molecule has 0 aromatic carbocycles. The number of carbonyl (C=O) groups is 2. The summed E-state index contributed by atoms with van der Waals surface area (Å²) in [5, 5.41) is 14.2. The minimum absolute atomic E-state index is 0. The van der Waals surface area contributed by atoms with Crippen LogP contribution < -0.4 is 0 Å². The number of rotatable bonds is 3. The summed E-state index contributed by atoms with van der Waals surface area (Å²) >= 11 is 0. The molecule has 0 aromatic rings. The first kappa shape index (κ1) is 36.5. The van der Waals surface area contributed by atoms with Gasteiger partial charge in [-0.3, -0.25) is 14.7 Å². The van der Waals surface area contributed by atoms with E-state index in [9.17, 15) is 26.3 Å². The Hall–Kier alpha value is -1.08. The van der Waals surface area contributed by atoms with Crippen molar-refractivity contribution in [3.63, 3.8) is 0 Å². The number of hydrogen-bond donors (Lipinski definition) is 2. The average molecular weight is 547 g/mol. The molecular weight excluding hydrogens is 512 g/mol. The van der Waals surface area contributed by atoms with Gasteiger partial charge in [-0.25, -0.2) is 9.59 Å². The standard InChI is InChI=1S/C15H33N3.2C2HF3O2.Cu/c1-13(2)16-7-9-17(14(3)4)11-12-18(10-8-16)15(5)6;2*3-2(4,5)1(6)7;/h13-15H,7-12H2,1-6H3;2*(H,6,7);. The second-order valence-corrected chi connectivity index (χ2v) is 7.99. The van der Waals surface area contributed by atoms with Crippen LogP contribution >= 0.6 is 0 Å². The SMILES string of the molecule is CC(C)N1CCN(C(C)C)CCN(C(C)C)CC1.O=C(O)C(F)(F)F.O=C(O)C(F)(F)F.[Cu]. The minimum atomic E-state index is -5.08. The maximum atomic E-state index is 10.6. The molecular formula is C19H35CuF6N3O4. The largest absolute Gasteiger partial charge is 0.490 e.